The molecule has 0 aliphatic carbocycles. The van der Waals surface area contributed by atoms with Crippen molar-refractivity contribution >= 4 is 5.78 Å². The van der Waals surface area contributed by atoms with Gasteiger partial charge in [0, 0.05) is 5.41 Å². The maximum Gasteiger partial charge on any atom is 0.135 e. The van der Waals surface area contributed by atoms with Gasteiger partial charge in [-0.15, -0.1) is 0 Å². The third-order valence-electron chi connectivity index (χ3n) is 2.90. The van der Waals surface area contributed by atoms with Gasteiger partial charge >= 0.3 is 0 Å². The van der Waals surface area contributed by atoms with Crippen LogP contribution in [0.25, 0.3) is 0 Å². The molecule has 0 fully saturated rings. The first-order valence-corrected chi connectivity index (χ1v) is 4.99. The summed E-state index contributed by atoms with van der Waals surface area (Å²) in [5, 5.41) is 0. The van der Waals surface area contributed by atoms with Crippen molar-refractivity contribution < 1.29 is 4.79 Å². The molecule has 0 aliphatic rings. The Balaban J connectivity index is 4.46. The third-order valence-corrected chi connectivity index (χ3v) is 2.90. The Morgan fingerprint density at radius 1 is 1.25 bits per heavy atom. The minimum absolute atomic E-state index is 0.0336. The number of hydrogen-bond acceptors (Lipinski definition) is 1. The number of Topliss-reactive ketones (excluding diaryl/α,β-unsaturated/α-hetero) is 1. The average Bonchev–Trinajstić information content (AvgIpc) is 1.99. The molecule has 0 aromatic heterocycles. The molecule has 0 bridgehead atoms. The van der Waals surface area contributed by atoms with Crippen molar-refractivity contribution in [3.05, 3.63) is 0 Å². The maximum absolute atomic E-state index is 11.5. The van der Waals surface area contributed by atoms with Gasteiger partial charge in [-0.3, -0.25) is 4.79 Å². The van der Waals surface area contributed by atoms with E-state index in [9.17, 15) is 4.79 Å². The first kappa shape index (κ1) is 11.7. The van der Waals surface area contributed by atoms with Crippen molar-refractivity contribution in [2.75, 3.05) is 0 Å². The number of carbonyl (C=O) groups excluding carboxylic acids is 1. The lowest BCUT2D eigenvalue weighted by atomic mass is 9.73. The summed E-state index contributed by atoms with van der Waals surface area (Å²) in [4.78, 5) is 11.5. The van der Waals surface area contributed by atoms with E-state index in [1.807, 2.05) is 0 Å². The second kappa shape index (κ2) is 4.64. The van der Waals surface area contributed by atoms with E-state index in [0.717, 1.165) is 19.3 Å². The van der Waals surface area contributed by atoms with Gasteiger partial charge in [0.25, 0.3) is 0 Å². The lowest BCUT2D eigenvalue weighted by Crippen LogP contribution is -2.29. The molecule has 0 unspecified atom stereocenters. The van der Waals surface area contributed by atoms with E-state index >= 15 is 0 Å². The minimum Gasteiger partial charge on any atom is -0.299 e. The fourth-order valence-electron chi connectivity index (χ4n) is 1.96. The van der Waals surface area contributed by atoms with E-state index in [0.29, 0.717) is 11.7 Å². The molecule has 0 heterocycles. The van der Waals surface area contributed by atoms with E-state index in [2.05, 4.69) is 27.7 Å². The zero-order valence-electron chi connectivity index (χ0n) is 9.11. The number of hydrogen-bond donors (Lipinski definition) is 0. The van der Waals surface area contributed by atoms with Crippen molar-refractivity contribution in [1.82, 2.24) is 0 Å². The van der Waals surface area contributed by atoms with Crippen LogP contribution in [0.2, 0.25) is 0 Å². The van der Waals surface area contributed by atoms with Crippen LogP contribution in [0.5, 0.6) is 0 Å². The van der Waals surface area contributed by atoms with E-state index in [4.69, 9.17) is 0 Å². The fourth-order valence-corrected chi connectivity index (χ4v) is 1.96. The molecule has 0 atom stereocenters. The highest BCUT2D eigenvalue weighted by molar-refractivity contribution is 5.82. The molecule has 0 aromatic carbocycles. The van der Waals surface area contributed by atoms with Gasteiger partial charge in [0.1, 0.15) is 5.78 Å². The second-order valence-electron chi connectivity index (χ2n) is 4.14. The minimum atomic E-state index is -0.0336. The Hall–Kier alpha value is -0.330. The first-order valence-electron chi connectivity index (χ1n) is 4.99. The van der Waals surface area contributed by atoms with Gasteiger partial charge < -0.3 is 0 Å². The predicted molar refractivity (Wildman–Crippen MR) is 53.2 cm³/mol. The summed E-state index contributed by atoms with van der Waals surface area (Å²) >= 11 is 0. The summed E-state index contributed by atoms with van der Waals surface area (Å²) in [7, 11) is 0. The molecule has 0 aliphatic heterocycles. The Morgan fingerprint density at radius 3 is 1.75 bits per heavy atom. The normalized spacial score (nSPS) is 12.2. The summed E-state index contributed by atoms with van der Waals surface area (Å²) in [5.41, 5.74) is -0.0336. The van der Waals surface area contributed by atoms with Gasteiger partial charge in [0.2, 0.25) is 0 Å². The van der Waals surface area contributed by atoms with Crippen molar-refractivity contribution in [2.45, 2.75) is 53.9 Å². The number of ketones is 1. The van der Waals surface area contributed by atoms with Crippen molar-refractivity contribution in [1.29, 1.82) is 0 Å². The van der Waals surface area contributed by atoms with Gasteiger partial charge in [-0.2, -0.15) is 0 Å². The largest absolute Gasteiger partial charge is 0.299 e. The van der Waals surface area contributed by atoms with Gasteiger partial charge in [-0.1, -0.05) is 27.7 Å². The first-order chi connectivity index (χ1) is 5.48. The van der Waals surface area contributed by atoms with Crippen molar-refractivity contribution in [3.8, 4) is 0 Å². The van der Waals surface area contributed by atoms with Crippen LogP contribution in [0.3, 0.4) is 0 Å². The molecule has 0 spiro atoms. The lowest BCUT2D eigenvalue weighted by Gasteiger charge is -2.30. The predicted octanol–water partition coefficient (Wildman–Crippen LogP) is 3.43. The Labute approximate surface area is 76.6 Å². The Bertz CT molecular complexity index is 143. The summed E-state index contributed by atoms with van der Waals surface area (Å²) < 4.78 is 0. The van der Waals surface area contributed by atoms with Crippen LogP contribution in [0.4, 0.5) is 0 Å². The Kier molecular flexibility index (Phi) is 4.51. The van der Waals surface area contributed by atoms with E-state index in [1.165, 1.54) is 0 Å². The van der Waals surface area contributed by atoms with Gasteiger partial charge in [0.15, 0.2) is 0 Å². The summed E-state index contributed by atoms with van der Waals surface area (Å²) in [6.07, 6.45) is 3.00. The van der Waals surface area contributed by atoms with E-state index < -0.39 is 0 Å². The highest BCUT2D eigenvalue weighted by Gasteiger charge is 2.31. The van der Waals surface area contributed by atoms with Crippen LogP contribution in [0, 0.1) is 11.3 Å². The van der Waals surface area contributed by atoms with Crippen LogP contribution in [-0.2, 0) is 4.79 Å². The topological polar surface area (TPSA) is 17.1 Å². The van der Waals surface area contributed by atoms with Gasteiger partial charge in [0.05, 0.1) is 0 Å². The molecule has 1 nitrogen and oxygen atoms in total. The van der Waals surface area contributed by atoms with Gasteiger partial charge in [-0.25, -0.2) is 0 Å². The van der Waals surface area contributed by atoms with Crippen LogP contribution in [0.1, 0.15) is 53.9 Å². The van der Waals surface area contributed by atoms with Gasteiger partial charge in [-0.05, 0) is 32.1 Å². The van der Waals surface area contributed by atoms with E-state index in [1.54, 1.807) is 6.92 Å². The lowest BCUT2D eigenvalue weighted by molar-refractivity contribution is -0.128. The molecule has 0 N–H and O–H groups in total. The van der Waals surface area contributed by atoms with Crippen LogP contribution < -0.4 is 0 Å². The SMILES string of the molecule is CCC(CC)(CC(C)C)C(C)=O. The van der Waals surface area contributed by atoms with Crippen molar-refractivity contribution in [2.24, 2.45) is 11.3 Å². The third kappa shape index (κ3) is 2.62. The molecule has 0 saturated heterocycles. The Morgan fingerprint density at radius 2 is 1.67 bits per heavy atom. The summed E-state index contributed by atoms with van der Waals surface area (Å²) in [6.45, 7) is 10.3. The number of carbonyl (C=O) groups is 1. The fraction of sp³-hybridized carbons (Fsp3) is 0.909. The van der Waals surface area contributed by atoms with E-state index in [-0.39, 0.29) is 5.41 Å². The molecular formula is C11H22O. The van der Waals surface area contributed by atoms with Crippen LogP contribution in [0.15, 0.2) is 0 Å². The standard InChI is InChI=1S/C11H22O/c1-6-11(7-2,10(5)12)8-9(3)4/h9H,6-8H2,1-5H3. The molecule has 0 aromatic rings. The molecule has 0 amide bonds. The zero-order valence-corrected chi connectivity index (χ0v) is 9.11. The molecule has 72 valence electrons. The molecule has 0 rings (SSSR count). The van der Waals surface area contributed by atoms with Crippen LogP contribution in [-0.4, -0.2) is 5.78 Å². The molecule has 12 heavy (non-hydrogen) atoms. The quantitative estimate of drug-likeness (QED) is 0.618. The smallest absolute Gasteiger partial charge is 0.135 e. The average molecular weight is 170 g/mol. The highest BCUT2D eigenvalue weighted by Crippen LogP contribution is 2.34. The second-order valence-corrected chi connectivity index (χ2v) is 4.14. The highest BCUT2D eigenvalue weighted by atomic mass is 16.1. The van der Waals surface area contributed by atoms with Crippen molar-refractivity contribution in [3.63, 3.8) is 0 Å². The monoisotopic (exact) mass is 170 g/mol. The molecule has 0 saturated carbocycles. The molecule has 0 radical (unpaired) electrons. The molecule has 1 heteroatoms. The van der Waals surface area contributed by atoms with Crippen LogP contribution >= 0.6 is 0 Å². The maximum atomic E-state index is 11.5. The zero-order chi connectivity index (χ0) is 9.78. The molecular weight excluding hydrogens is 148 g/mol. The number of rotatable bonds is 5. The summed E-state index contributed by atoms with van der Waals surface area (Å²) in [6, 6.07) is 0. The summed E-state index contributed by atoms with van der Waals surface area (Å²) in [5.74, 6) is 0.981.